The minimum atomic E-state index is -4.00. The van der Waals surface area contributed by atoms with Gasteiger partial charge in [-0.15, -0.1) is 0 Å². The van der Waals surface area contributed by atoms with Gasteiger partial charge in [0.15, 0.2) is 15.6 Å². The molecule has 28 heavy (non-hydrogen) atoms. The van der Waals surface area contributed by atoms with Crippen LogP contribution in [0.15, 0.2) is 28.7 Å². The average Bonchev–Trinajstić information content (AvgIpc) is 3.02. The molecule has 0 aromatic heterocycles. The van der Waals surface area contributed by atoms with Gasteiger partial charge in [0, 0.05) is 6.61 Å². The lowest BCUT2D eigenvalue weighted by molar-refractivity contribution is 0.0716. The van der Waals surface area contributed by atoms with Gasteiger partial charge in [0.05, 0.1) is 28.1 Å². The van der Waals surface area contributed by atoms with Crippen LogP contribution in [0.25, 0.3) is 0 Å². The van der Waals surface area contributed by atoms with Gasteiger partial charge in [-0.05, 0) is 51.7 Å². The highest BCUT2D eigenvalue weighted by Crippen LogP contribution is 2.43. The Morgan fingerprint density at radius 3 is 2.75 bits per heavy atom. The molecule has 2 amide bonds. The van der Waals surface area contributed by atoms with E-state index in [-0.39, 0.29) is 28.3 Å². The fourth-order valence-electron chi connectivity index (χ4n) is 3.62. The van der Waals surface area contributed by atoms with E-state index in [2.05, 4.69) is 16.7 Å². The molecule has 9 heteroatoms. The van der Waals surface area contributed by atoms with Crippen molar-refractivity contribution in [1.82, 2.24) is 5.32 Å². The number of phenolic OH excluding ortho intramolecular Hbond substituents is 1. The summed E-state index contributed by atoms with van der Waals surface area (Å²) in [5, 5.41) is 15.9. The minimum absolute atomic E-state index is 0.0135. The van der Waals surface area contributed by atoms with E-state index >= 15 is 0 Å². The number of rotatable bonds is 4. The van der Waals surface area contributed by atoms with E-state index in [9.17, 15) is 18.3 Å². The Hall–Kier alpha value is -1.77. The summed E-state index contributed by atoms with van der Waals surface area (Å²) in [7, 11) is -4.00. The van der Waals surface area contributed by atoms with Gasteiger partial charge in [-0.2, -0.15) is 0 Å². The summed E-state index contributed by atoms with van der Waals surface area (Å²) < 4.78 is 30.7. The Morgan fingerprint density at radius 2 is 2.14 bits per heavy atom. The average molecular weight is 429 g/mol. The zero-order valence-electron chi connectivity index (χ0n) is 15.9. The van der Waals surface area contributed by atoms with Crippen molar-refractivity contribution in [3.8, 4) is 5.75 Å². The number of nitrogens with one attached hydrogen (secondary N) is 2. The number of phenols is 1. The third-order valence-corrected chi connectivity index (χ3v) is 8.42. The van der Waals surface area contributed by atoms with E-state index in [0.29, 0.717) is 19.4 Å². The molecule has 2 aliphatic rings. The summed E-state index contributed by atoms with van der Waals surface area (Å²) in [5.74, 6) is -0.562. The number of anilines is 1. The van der Waals surface area contributed by atoms with Crippen LogP contribution in [0.3, 0.4) is 0 Å². The molecule has 2 atom stereocenters. The molecule has 0 radical (unpaired) electrons. The highest BCUT2D eigenvalue weighted by Gasteiger charge is 2.44. The summed E-state index contributed by atoms with van der Waals surface area (Å²) in [5.41, 5.74) is 1.06. The summed E-state index contributed by atoms with van der Waals surface area (Å²) in [4.78, 5) is 11.9. The van der Waals surface area contributed by atoms with Gasteiger partial charge in [0.25, 0.3) is 0 Å². The van der Waals surface area contributed by atoms with Crippen LogP contribution in [-0.2, 0) is 14.6 Å². The van der Waals surface area contributed by atoms with E-state index in [1.165, 1.54) is 12.1 Å². The normalized spacial score (nSPS) is 25.2. The zero-order valence-corrected chi connectivity index (χ0v) is 17.5. The number of benzene rings is 1. The largest absolute Gasteiger partial charge is 0.504 e. The molecule has 7 nitrogen and oxygen atoms in total. The maximum atomic E-state index is 13.3. The van der Waals surface area contributed by atoms with Gasteiger partial charge in [-0.1, -0.05) is 23.3 Å². The monoisotopic (exact) mass is 428 g/mol. The molecule has 1 fully saturated rings. The van der Waals surface area contributed by atoms with Gasteiger partial charge in [-0.25, -0.2) is 13.2 Å². The van der Waals surface area contributed by atoms with E-state index in [1.54, 1.807) is 6.92 Å². The lowest BCUT2D eigenvalue weighted by Crippen LogP contribution is -2.43. The Labute approximate surface area is 170 Å². The second kappa shape index (κ2) is 7.93. The van der Waals surface area contributed by atoms with Crippen molar-refractivity contribution in [2.24, 2.45) is 0 Å². The third kappa shape index (κ3) is 3.86. The van der Waals surface area contributed by atoms with Gasteiger partial charge >= 0.3 is 6.03 Å². The lowest BCUT2D eigenvalue weighted by atomic mass is 10.0. The summed E-state index contributed by atoms with van der Waals surface area (Å²) in [6.07, 6.45) is 4.76. The minimum Gasteiger partial charge on any atom is -0.504 e. The Balaban J connectivity index is 1.88. The molecule has 2 unspecified atom stereocenters. The Morgan fingerprint density at radius 1 is 1.39 bits per heavy atom. The highest BCUT2D eigenvalue weighted by molar-refractivity contribution is 7.93. The van der Waals surface area contributed by atoms with Crippen LogP contribution in [0.4, 0.5) is 10.5 Å². The molecular formula is C19H25ClN2O5S. The van der Waals surface area contributed by atoms with Crippen molar-refractivity contribution in [2.45, 2.75) is 55.2 Å². The molecule has 1 saturated heterocycles. The molecule has 1 aliphatic carbocycles. The van der Waals surface area contributed by atoms with E-state index in [0.717, 1.165) is 18.4 Å². The number of carbonyl (C=O) groups is 1. The van der Waals surface area contributed by atoms with Gasteiger partial charge in [0.2, 0.25) is 0 Å². The van der Waals surface area contributed by atoms with E-state index in [4.69, 9.17) is 16.3 Å². The molecule has 1 aromatic rings. The van der Waals surface area contributed by atoms with Crippen molar-refractivity contribution < 1.29 is 23.1 Å². The standard InChI is InChI=1S/C19H25ClN2O5S/c1-12-5-3-6-14(12)21-18(24)22-15-8-7-13(20)17(16(15)23)28(25,26)19(2)9-4-10-27-11-19/h5,7-8,14,23H,3-4,6,9-11H2,1-2H3,(H2,21,22,24). The van der Waals surface area contributed by atoms with Gasteiger partial charge in [0.1, 0.15) is 4.90 Å². The SMILES string of the molecule is CC1=CCCC1NC(=O)Nc1ccc(Cl)c(S(=O)(=O)C2(C)CCCOC2)c1O. The molecule has 1 aromatic carbocycles. The highest BCUT2D eigenvalue weighted by atomic mass is 35.5. The molecular weight excluding hydrogens is 404 g/mol. The second-order valence-electron chi connectivity index (χ2n) is 7.56. The van der Waals surface area contributed by atoms with Crippen molar-refractivity contribution in [3.05, 3.63) is 28.8 Å². The first-order valence-electron chi connectivity index (χ1n) is 9.24. The zero-order chi connectivity index (χ0) is 20.5. The molecule has 0 bridgehead atoms. The predicted octanol–water partition coefficient (Wildman–Crippen LogP) is 3.62. The van der Waals surface area contributed by atoms with Crippen molar-refractivity contribution >= 4 is 33.2 Å². The molecule has 1 heterocycles. The molecule has 0 spiro atoms. The number of carbonyl (C=O) groups excluding carboxylic acids is 1. The van der Waals surface area contributed by atoms with Crippen molar-refractivity contribution in [2.75, 3.05) is 18.5 Å². The molecule has 0 saturated carbocycles. The smallest absolute Gasteiger partial charge is 0.319 e. The topological polar surface area (TPSA) is 105 Å². The van der Waals surface area contributed by atoms with Crippen LogP contribution in [0, 0.1) is 0 Å². The first kappa shape index (κ1) is 21.0. The second-order valence-corrected chi connectivity index (χ2v) is 10.4. The van der Waals surface area contributed by atoms with Crippen LogP contribution in [-0.4, -0.2) is 43.6 Å². The van der Waals surface area contributed by atoms with Crippen LogP contribution >= 0.6 is 11.6 Å². The lowest BCUT2D eigenvalue weighted by Gasteiger charge is -2.33. The van der Waals surface area contributed by atoms with Gasteiger partial charge < -0.3 is 20.5 Å². The number of hydrogen-bond acceptors (Lipinski definition) is 5. The number of allylic oxidation sites excluding steroid dienone is 1. The van der Waals surface area contributed by atoms with Gasteiger partial charge in [-0.3, -0.25) is 0 Å². The van der Waals surface area contributed by atoms with Crippen molar-refractivity contribution in [3.63, 3.8) is 0 Å². The summed E-state index contributed by atoms with van der Waals surface area (Å²) >= 11 is 6.14. The maximum absolute atomic E-state index is 13.3. The van der Waals surface area contributed by atoms with E-state index in [1.807, 2.05) is 6.92 Å². The number of sulfone groups is 1. The number of aromatic hydroxyl groups is 1. The fraction of sp³-hybridized carbons (Fsp3) is 0.526. The first-order chi connectivity index (χ1) is 13.2. The molecule has 154 valence electrons. The van der Waals surface area contributed by atoms with Crippen LogP contribution in [0.1, 0.15) is 39.5 Å². The van der Waals surface area contributed by atoms with E-state index < -0.39 is 26.4 Å². The quantitative estimate of drug-likeness (QED) is 0.501. The summed E-state index contributed by atoms with van der Waals surface area (Å²) in [6, 6.07) is 2.15. The third-order valence-electron chi connectivity index (χ3n) is 5.43. The Bertz CT molecular complexity index is 907. The van der Waals surface area contributed by atoms with Crippen LogP contribution < -0.4 is 10.6 Å². The summed E-state index contributed by atoms with van der Waals surface area (Å²) in [6.45, 7) is 4.05. The van der Waals surface area contributed by atoms with Crippen LogP contribution in [0.2, 0.25) is 5.02 Å². The van der Waals surface area contributed by atoms with Crippen molar-refractivity contribution in [1.29, 1.82) is 0 Å². The number of hydrogen-bond donors (Lipinski definition) is 3. The van der Waals surface area contributed by atoms with Crippen LogP contribution in [0.5, 0.6) is 5.75 Å². The molecule has 1 aliphatic heterocycles. The number of amides is 2. The fourth-order valence-corrected chi connectivity index (χ4v) is 5.91. The maximum Gasteiger partial charge on any atom is 0.319 e. The predicted molar refractivity (Wildman–Crippen MR) is 108 cm³/mol. The number of halogens is 1. The first-order valence-corrected chi connectivity index (χ1v) is 11.1. The number of ether oxygens (including phenoxy) is 1. The Kier molecular flexibility index (Phi) is 5.93. The molecule has 3 rings (SSSR count). The molecule has 3 N–H and O–H groups in total. The number of urea groups is 1.